The predicted octanol–water partition coefficient (Wildman–Crippen LogP) is 1.97. The molecule has 2 aliphatic rings. The van der Waals surface area contributed by atoms with E-state index in [0.29, 0.717) is 12.0 Å². The molecule has 3 N–H and O–H groups in total. The van der Waals surface area contributed by atoms with Crippen LogP contribution in [0.25, 0.3) is 0 Å². The number of hydrogen-bond donors (Lipinski definition) is 2. The summed E-state index contributed by atoms with van der Waals surface area (Å²) in [4.78, 5) is 13.7. The van der Waals surface area contributed by atoms with Crippen LogP contribution < -0.4 is 16.0 Å². The summed E-state index contributed by atoms with van der Waals surface area (Å²) in [6, 6.07) is 12.9. The maximum absolute atomic E-state index is 5.97. The van der Waals surface area contributed by atoms with Crippen molar-refractivity contribution < 1.29 is 4.74 Å². The van der Waals surface area contributed by atoms with E-state index in [1.54, 1.807) is 0 Å². The molecule has 7 heteroatoms. The first-order valence-electron chi connectivity index (χ1n) is 9.77. The molecule has 3 heterocycles. The van der Waals surface area contributed by atoms with Crippen molar-refractivity contribution in [1.82, 2.24) is 14.9 Å². The van der Waals surface area contributed by atoms with Gasteiger partial charge in [0.25, 0.3) is 0 Å². The number of ether oxygens (including phenoxy) is 1. The molecule has 0 saturated carbocycles. The number of aromatic nitrogens is 2. The zero-order valence-electron chi connectivity index (χ0n) is 15.7. The molecule has 0 unspecified atom stereocenters. The highest BCUT2D eigenvalue weighted by Crippen LogP contribution is 2.24. The lowest BCUT2D eigenvalue weighted by Gasteiger charge is -2.40. The molecule has 2 aliphatic heterocycles. The van der Waals surface area contributed by atoms with Gasteiger partial charge in [0.05, 0.1) is 13.2 Å². The van der Waals surface area contributed by atoms with Crippen LogP contribution in [-0.4, -0.2) is 60.3 Å². The molecule has 0 aliphatic carbocycles. The minimum atomic E-state index is 0.318. The van der Waals surface area contributed by atoms with Crippen LogP contribution in [0.15, 0.2) is 36.4 Å². The zero-order chi connectivity index (χ0) is 18.5. The summed E-state index contributed by atoms with van der Waals surface area (Å²) in [5.74, 6) is 2.01. The summed E-state index contributed by atoms with van der Waals surface area (Å²) in [6.45, 7) is 6.54. The molecule has 1 aromatic carbocycles. The van der Waals surface area contributed by atoms with Crippen molar-refractivity contribution in [3.05, 3.63) is 42.0 Å². The first-order chi connectivity index (χ1) is 13.3. The van der Waals surface area contributed by atoms with Crippen molar-refractivity contribution in [3.8, 4) is 0 Å². The van der Waals surface area contributed by atoms with Crippen LogP contribution in [0.5, 0.6) is 0 Å². The Morgan fingerprint density at radius 2 is 1.78 bits per heavy atom. The third kappa shape index (κ3) is 4.67. The van der Waals surface area contributed by atoms with Crippen LogP contribution in [0.3, 0.4) is 0 Å². The van der Waals surface area contributed by atoms with E-state index in [-0.39, 0.29) is 0 Å². The van der Waals surface area contributed by atoms with E-state index in [2.05, 4.69) is 37.2 Å². The van der Waals surface area contributed by atoms with Crippen molar-refractivity contribution in [3.63, 3.8) is 0 Å². The molecule has 1 aromatic heterocycles. The topological polar surface area (TPSA) is 79.5 Å². The molecule has 0 bridgehead atoms. The average molecular weight is 368 g/mol. The monoisotopic (exact) mass is 368 g/mol. The van der Waals surface area contributed by atoms with Gasteiger partial charge < -0.3 is 20.7 Å². The Bertz CT molecular complexity index is 727. The smallest absolute Gasteiger partial charge is 0.223 e. The number of benzene rings is 1. The molecular formula is C20H28N6O. The molecule has 0 amide bonds. The number of morpholine rings is 1. The predicted molar refractivity (Wildman–Crippen MR) is 108 cm³/mol. The Morgan fingerprint density at radius 1 is 1.04 bits per heavy atom. The van der Waals surface area contributed by atoms with Gasteiger partial charge in [0.2, 0.25) is 5.95 Å². The Labute approximate surface area is 160 Å². The molecule has 0 spiro atoms. The van der Waals surface area contributed by atoms with Gasteiger partial charge in [-0.1, -0.05) is 30.3 Å². The standard InChI is InChI=1S/C20H28N6O/c21-20-23-18(22-15-16-4-2-1-3-5-16)14-19(24-20)26-8-6-17(7-9-26)25-10-12-27-13-11-25/h1-5,14,17H,6-13,15H2,(H3,21,22,23,24). The number of nitrogens with zero attached hydrogens (tertiary/aromatic N) is 4. The third-order valence-corrected chi connectivity index (χ3v) is 5.40. The fraction of sp³-hybridized carbons (Fsp3) is 0.500. The lowest BCUT2D eigenvalue weighted by molar-refractivity contribution is 0.0115. The van der Waals surface area contributed by atoms with Gasteiger partial charge in [0.15, 0.2) is 0 Å². The van der Waals surface area contributed by atoms with Crippen molar-refractivity contribution in [2.45, 2.75) is 25.4 Å². The van der Waals surface area contributed by atoms with Crippen LogP contribution >= 0.6 is 0 Å². The van der Waals surface area contributed by atoms with E-state index < -0.39 is 0 Å². The molecular weight excluding hydrogens is 340 g/mol. The molecule has 2 fully saturated rings. The maximum Gasteiger partial charge on any atom is 0.223 e. The third-order valence-electron chi connectivity index (χ3n) is 5.40. The van der Waals surface area contributed by atoms with Gasteiger partial charge in [-0.2, -0.15) is 9.97 Å². The van der Waals surface area contributed by atoms with Crippen molar-refractivity contribution in [2.75, 3.05) is 55.3 Å². The molecule has 0 radical (unpaired) electrons. The van der Waals surface area contributed by atoms with Crippen LogP contribution in [0.2, 0.25) is 0 Å². The number of rotatable bonds is 5. The molecule has 27 heavy (non-hydrogen) atoms. The number of piperidine rings is 1. The van der Waals surface area contributed by atoms with Gasteiger partial charge in [0, 0.05) is 44.8 Å². The molecule has 0 atom stereocenters. The van der Waals surface area contributed by atoms with Crippen molar-refractivity contribution in [2.24, 2.45) is 0 Å². The van der Waals surface area contributed by atoms with E-state index in [1.807, 2.05) is 24.3 Å². The van der Waals surface area contributed by atoms with E-state index >= 15 is 0 Å². The first-order valence-corrected chi connectivity index (χ1v) is 9.77. The number of anilines is 3. The lowest BCUT2D eigenvalue weighted by atomic mass is 10.0. The van der Waals surface area contributed by atoms with Gasteiger partial charge in [-0.25, -0.2) is 0 Å². The van der Waals surface area contributed by atoms with E-state index in [4.69, 9.17) is 10.5 Å². The second-order valence-electron chi connectivity index (χ2n) is 7.18. The highest BCUT2D eigenvalue weighted by Gasteiger charge is 2.26. The van der Waals surface area contributed by atoms with Gasteiger partial charge >= 0.3 is 0 Å². The highest BCUT2D eigenvalue weighted by molar-refractivity contribution is 5.53. The largest absolute Gasteiger partial charge is 0.379 e. The van der Waals surface area contributed by atoms with Crippen molar-refractivity contribution >= 4 is 17.6 Å². The lowest BCUT2D eigenvalue weighted by Crippen LogP contribution is -2.49. The Kier molecular flexibility index (Phi) is 5.69. The number of nitrogens with two attached hydrogens (primary N) is 1. The SMILES string of the molecule is Nc1nc(NCc2ccccc2)cc(N2CCC(N3CCOCC3)CC2)n1. The Morgan fingerprint density at radius 3 is 2.52 bits per heavy atom. The minimum absolute atomic E-state index is 0.318. The quantitative estimate of drug-likeness (QED) is 0.835. The summed E-state index contributed by atoms with van der Waals surface area (Å²) in [7, 11) is 0. The number of nitrogen functional groups attached to an aromatic ring is 1. The molecule has 144 valence electrons. The van der Waals surface area contributed by atoms with Crippen LogP contribution in [0.1, 0.15) is 18.4 Å². The molecule has 4 rings (SSSR count). The number of hydrogen-bond acceptors (Lipinski definition) is 7. The second kappa shape index (κ2) is 8.54. The Hall–Kier alpha value is -2.38. The van der Waals surface area contributed by atoms with Crippen molar-refractivity contribution in [1.29, 1.82) is 0 Å². The van der Waals surface area contributed by atoms with E-state index in [1.165, 1.54) is 5.56 Å². The van der Waals surface area contributed by atoms with Crippen LogP contribution in [-0.2, 0) is 11.3 Å². The van der Waals surface area contributed by atoms with Gasteiger partial charge in [-0.3, -0.25) is 4.90 Å². The maximum atomic E-state index is 5.97. The normalized spacial score (nSPS) is 19.2. The minimum Gasteiger partial charge on any atom is -0.379 e. The van der Waals surface area contributed by atoms with Gasteiger partial charge in [0.1, 0.15) is 11.6 Å². The van der Waals surface area contributed by atoms with Gasteiger partial charge in [-0.15, -0.1) is 0 Å². The Balaban J connectivity index is 1.36. The summed E-state index contributed by atoms with van der Waals surface area (Å²) in [5, 5.41) is 3.36. The first kappa shape index (κ1) is 18.0. The second-order valence-corrected chi connectivity index (χ2v) is 7.18. The summed E-state index contributed by atoms with van der Waals surface area (Å²) in [6.07, 6.45) is 2.30. The molecule has 7 nitrogen and oxygen atoms in total. The average Bonchev–Trinajstić information content (AvgIpc) is 2.73. The number of nitrogens with one attached hydrogen (secondary N) is 1. The van der Waals surface area contributed by atoms with Gasteiger partial charge in [-0.05, 0) is 18.4 Å². The van der Waals surface area contributed by atoms with E-state index in [0.717, 1.165) is 70.4 Å². The highest BCUT2D eigenvalue weighted by atomic mass is 16.5. The van der Waals surface area contributed by atoms with Crippen LogP contribution in [0, 0.1) is 0 Å². The summed E-state index contributed by atoms with van der Waals surface area (Å²) >= 11 is 0. The zero-order valence-corrected chi connectivity index (χ0v) is 15.7. The van der Waals surface area contributed by atoms with E-state index in [9.17, 15) is 0 Å². The molecule has 2 saturated heterocycles. The van der Waals surface area contributed by atoms with Crippen LogP contribution in [0.4, 0.5) is 17.6 Å². The summed E-state index contributed by atoms with van der Waals surface area (Å²) < 4.78 is 5.47. The molecule has 2 aromatic rings. The fourth-order valence-corrected chi connectivity index (χ4v) is 3.90. The summed E-state index contributed by atoms with van der Waals surface area (Å²) in [5.41, 5.74) is 7.18. The fourth-order valence-electron chi connectivity index (χ4n) is 3.90.